The van der Waals surface area contributed by atoms with Crippen molar-refractivity contribution in [2.24, 2.45) is 5.92 Å². The molecule has 0 saturated carbocycles. The van der Waals surface area contributed by atoms with Crippen LogP contribution in [0.25, 0.3) is 11.1 Å². The van der Waals surface area contributed by atoms with Crippen molar-refractivity contribution in [2.45, 2.75) is 31.7 Å². The van der Waals surface area contributed by atoms with Crippen LogP contribution in [0.2, 0.25) is 0 Å². The third kappa shape index (κ3) is 4.25. The number of rotatable bonds is 5. The van der Waals surface area contributed by atoms with Gasteiger partial charge in [-0.2, -0.15) is 5.10 Å². The number of carbonyl (C=O) groups excluding carboxylic acids is 2. The van der Waals surface area contributed by atoms with E-state index in [1.807, 2.05) is 36.4 Å². The number of H-pyrrole nitrogens is 1. The van der Waals surface area contributed by atoms with Crippen LogP contribution in [0.3, 0.4) is 0 Å². The number of likely N-dealkylation sites (tertiary alicyclic amines) is 1. The first kappa shape index (κ1) is 22.6. The molecule has 2 unspecified atom stereocenters. The number of carboxylic acids is 1. The van der Waals surface area contributed by atoms with E-state index in [9.17, 15) is 19.5 Å². The van der Waals surface area contributed by atoms with Gasteiger partial charge in [0, 0.05) is 24.6 Å². The maximum atomic E-state index is 12.9. The Kier molecular flexibility index (Phi) is 5.98. The summed E-state index contributed by atoms with van der Waals surface area (Å²) < 4.78 is 5.52. The van der Waals surface area contributed by atoms with Gasteiger partial charge in [-0.3, -0.25) is 20.0 Å². The minimum absolute atomic E-state index is 0.0627. The van der Waals surface area contributed by atoms with Crippen molar-refractivity contribution in [3.05, 3.63) is 71.4 Å². The Morgan fingerprint density at radius 1 is 1.11 bits per heavy atom. The van der Waals surface area contributed by atoms with Crippen molar-refractivity contribution < 1.29 is 24.2 Å². The summed E-state index contributed by atoms with van der Waals surface area (Å²) in [5.74, 6) is -1.76. The molecule has 1 aliphatic carbocycles. The van der Waals surface area contributed by atoms with E-state index in [2.05, 4.69) is 27.6 Å². The second-order valence-corrected chi connectivity index (χ2v) is 8.94. The normalized spacial score (nSPS) is 19.1. The number of hydrogen-bond acceptors (Lipinski definition) is 5. The number of carbonyl (C=O) groups is 3. The molecule has 2 aromatic carbocycles. The molecule has 3 N–H and O–H groups in total. The number of fused-ring (bicyclic) bond motifs is 3. The van der Waals surface area contributed by atoms with Gasteiger partial charge in [0.2, 0.25) is 0 Å². The van der Waals surface area contributed by atoms with Crippen LogP contribution >= 0.6 is 0 Å². The third-order valence-corrected chi connectivity index (χ3v) is 6.95. The van der Waals surface area contributed by atoms with Gasteiger partial charge in [-0.25, -0.2) is 4.79 Å². The minimum Gasteiger partial charge on any atom is -0.481 e. The summed E-state index contributed by atoms with van der Waals surface area (Å²) >= 11 is 0. The lowest BCUT2D eigenvalue weighted by atomic mass is 9.90. The number of anilines is 1. The smallest absolute Gasteiger partial charge is 0.412 e. The molecular formula is C26H26N4O5. The molecule has 2 heterocycles. The van der Waals surface area contributed by atoms with Crippen molar-refractivity contribution in [1.82, 2.24) is 15.1 Å². The first-order chi connectivity index (χ1) is 16.9. The molecule has 0 radical (unpaired) electrons. The fourth-order valence-electron chi connectivity index (χ4n) is 5.15. The highest BCUT2D eigenvalue weighted by molar-refractivity contribution is 5.95. The van der Waals surface area contributed by atoms with Crippen LogP contribution in [0.4, 0.5) is 10.6 Å². The zero-order chi connectivity index (χ0) is 24.5. The number of aromatic amines is 1. The van der Waals surface area contributed by atoms with Crippen LogP contribution in [-0.2, 0) is 9.53 Å². The average molecular weight is 475 g/mol. The number of benzene rings is 2. The molecule has 2 aliphatic rings. The first-order valence-electron chi connectivity index (χ1n) is 11.6. The molecule has 0 bridgehead atoms. The lowest BCUT2D eigenvalue weighted by molar-refractivity contribution is -0.145. The lowest BCUT2D eigenvalue weighted by Crippen LogP contribution is -2.49. The summed E-state index contributed by atoms with van der Waals surface area (Å²) in [5.41, 5.74) is 4.69. The van der Waals surface area contributed by atoms with Crippen LogP contribution in [-0.4, -0.2) is 57.4 Å². The summed E-state index contributed by atoms with van der Waals surface area (Å²) in [7, 11) is 0. The Morgan fingerprint density at radius 3 is 2.43 bits per heavy atom. The monoisotopic (exact) mass is 474 g/mol. The molecule has 2 atom stereocenters. The van der Waals surface area contributed by atoms with Gasteiger partial charge in [0.25, 0.3) is 5.91 Å². The van der Waals surface area contributed by atoms with Gasteiger partial charge in [0.15, 0.2) is 5.82 Å². The number of piperidine rings is 1. The summed E-state index contributed by atoms with van der Waals surface area (Å²) in [4.78, 5) is 38.4. The van der Waals surface area contributed by atoms with E-state index in [1.165, 1.54) is 11.0 Å². The fourth-order valence-corrected chi connectivity index (χ4v) is 5.15. The Balaban J connectivity index is 1.22. The van der Waals surface area contributed by atoms with Gasteiger partial charge in [0.05, 0.1) is 5.92 Å². The zero-order valence-electron chi connectivity index (χ0n) is 19.2. The van der Waals surface area contributed by atoms with Gasteiger partial charge in [-0.05, 0) is 42.0 Å². The number of aromatic nitrogens is 2. The molecule has 180 valence electrons. The molecule has 0 spiro atoms. The fraction of sp³-hybridized carbons (Fsp3) is 0.308. The number of ether oxygens (including phenoxy) is 1. The van der Waals surface area contributed by atoms with Crippen LogP contribution in [0.5, 0.6) is 0 Å². The van der Waals surface area contributed by atoms with Crippen molar-refractivity contribution in [3.8, 4) is 11.1 Å². The lowest BCUT2D eigenvalue weighted by Gasteiger charge is -2.37. The van der Waals surface area contributed by atoms with Gasteiger partial charge < -0.3 is 14.7 Å². The number of nitrogens with one attached hydrogen (secondary N) is 2. The molecule has 9 nitrogen and oxygen atoms in total. The van der Waals surface area contributed by atoms with E-state index in [0.717, 1.165) is 22.3 Å². The molecular weight excluding hydrogens is 448 g/mol. The first-order valence-corrected chi connectivity index (χ1v) is 11.6. The predicted octanol–water partition coefficient (Wildman–Crippen LogP) is 4.10. The average Bonchev–Trinajstić information content (AvgIpc) is 3.45. The SMILES string of the molecule is CC1C(C(=O)O)CCCN1C(=O)c1cc(NC(=O)OCC2c3ccccc3-c3ccccc32)n[nH]1. The minimum atomic E-state index is -0.905. The zero-order valence-corrected chi connectivity index (χ0v) is 19.2. The molecule has 5 rings (SSSR count). The molecule has 1 aromatic heterocycles. The van der Waals surface area contributed by atoms with E-state index in [0.29, 0.717) is 19.4 Å². The number of carboxylic acid groups (broad SMARTS) is 1. The topological polar surface area (TPSA) is 125 Å². The highest BCUT2D eigenvalue weighted by Crippen LogP contribution is 2.44. The molecule has 2 amide bonds. The largest absolute Gasteiger partial charge is 0.481 e. The standard InChI is InChI=1S/C26H26N4O5/c1-15-16(25(32)33)11-6-12-30(15)24(31)22-13-23(29-28-22)27-26(34)35-14-21-19-9-4-2-7-17(19)18-8-3-5-10-20(18)21/h2-5,7-10,13,15-16,21H,6,11-12,14H2,1H3,(H,32,33)(H2,27,28,29,34). The molecule has 9 heteroatoms. The number of amides is 2. The van der Waals surface area contributed by atoms with Crippen LogP contribution < -0.4 is 5.32 Å². The van der Waals surface area contributed by atoms with Gasteiger partial charge in [-0.15, -0.1) is 0 Å². The highest BCUT2D eigenvalue weighted by atomic mass is 16.5. The second-order valence-electron chi connectivity index (χ2n) is 8.94. The van der Waals surface area contributed by atoms with Crippen molar-refractivity contribution in [2.75, 3.05) is 18.5 Å². The maximum absolute atomic E-state index is 12.9. The van der Waals surface area contributed by atoms with E-state index < -0.39 is 24.0 Å². The highest BCUT2D eigenvalue weighted by Gasteiger charge is 2.36. The summed E-state index contributed by atoms with van der Waals surface area (Å²) in [6.07, 6.45) is 0.485. The molecule has 1 aliphatic heterocycles. The molecule has 35 heavy (non-hydrogen) atoms. The summed E-state index contributed by atoms with van der Waals surface area (Å²) in [6, 6.07) is 17.2. The van der Waals surface area contributed by atoms with Gasteiger partial charge >= 0.3 is 12.1 Å². The second kappa shape index (κ2) is 9.25. The maximum Gasteiger partial charge on any atom is 0.412 e. The van der Waals surface area contributed by atoms with Crippen LogP contribution in [0.1, 0.15) is 47.3 Å². The van der Waals surface area contributed by atoms with Crippen LogP contribution in [0, 0.1) is 5.92 Å². The Labute approximate surface area is 202 Å². The van der Waals surface area contributed by atoms with E-state index >= 15 is 0 Å². The number of hydrogen-bond donors (Lipinski definition) is 3. The molecule has 1 fully saturated rings. The van der Waals surface area contributed by atoms with Crippen molar-refractivity contribution in [1.29, 1.82) is 0 Å². The summed E-state index contributed by atoms with van der Waals surface area (Å²) in [6.45, 7) is 2.37. The van der Waals surface area contributed by atoms with Gasteiger partial charge in [-0.1, -0.05) is 48.5 Å². The third-order valence-electron chi connectivity index (χ3n) is 6.95. The van der Waals surface area contributed by atoms with E-state index in [-0.39, 0.29) is 29.9 Å². The van der Waals surface area contributed by atoms with Crippen LogP contribution in [0.15, 0.2) is 54.6 Å². The number of nitrogens with zero attached hydrogens (tertiary/aromatic N) is 2. The predicted molar refractivity (Wildman–Crippen MR) is 128 cm³/mol. The Morgan fingerprint density at radius 2 is 1.77 bits per heavy atom. The number of aliphatic carboxylic acids is 1. The van der Waals surface area contributed by atoms with E-state index in [1.54, 1.807) is 6.92 Å². The molecule has 1 saturated heterocycles. The summed E-state index contributed by atoms with van der Waals surface area (Å²) in [5, 5.41) is 18.6. The molecule has 3 aromatic rings. The Bertz CT molecular complexity index is 1240. The Hall–Kier alpha value is -4.14. The van der Waals surface area contributed by atoms with Crippen molar-refractivity contribution >= 4 is 23.8 Å². The quantitative estimate of drug-likeness (QED) is 0.511. The van der Waals surface area contributed by atoms with E-state index in [4.69, 9.17) is 4.74 Å². The van der Waals surface area contributed by atoms with Crippen molar-refractivity contribution in [3.63, 3.8) is 0 Å². The van der Waals surface area contributed by atoms with Gasteiger partial charge in [0.1, 0.15) is 12.3 Å².